The number of ether oxygens (including phenoxy) is 1. The maximum atomic E-state index is 13.7. The van der Waals surface area contributed by atoms with Crippen molar-refractivity contribution in [2.75, 3.05) is 13.7 Å². The highest BCUT2D eigenvalue weighted by Gasteiger charge is 2.24. The van der Waals surface area contributed by atoms with E-state index in [-0.39, 0.29) is 11.9 Å². The standard InChI is InChI=1S/C12H16FNO2/c1-8-5-6-9(13)12-11(8)10(14-15-2)4-3-7-16-12/h5-6,10,14H,3-4,7H2,1-2H3. The SMILES string of the molecule is CONC1CCCOc2c(F)ccc(C)c21. The van der Waals surface area contributed by atoms with Crippen LogP contribution in [-0.4, -0.2) is 13.7 Å². The van der Waals surface area contributed by atoms with E-state index in [1.165, 1.54) is 6.07 Å². The van der Waals surface area contributed by atoms with Gasteiger partial charge in [0.2, 0.25) is 0 Å². The lowest BCUT2D eigenvalue weighted by atomic mass is 9.98. The van der Waals surface area contributed by atoms with Crippen LogP contribution < -0.4 is 10.2 Å². The van der Waals surface area contributed by atoms with Crippen LogP contribution in [0.1, 0.15) is 30.0 Å². The summed E-state index contributed by atoms with van der Waals surface area (Å²) in [6, 6.07) is 3.22. The van der Waals surface area contributed by atoms with E-state index in [0.717, 1.165) is 24.0 Å². The quantitative estimate of drug-likeness (QED) is 0.784. The summed E-state index contributed by atoms with van der Waals surface area (Å²) in [6.07, 6.45) is 1.76. The lowest BCUT2D eigenvalue weighted by Gasteiger charge is -2.19. The van der Waals surface area contributed by atoms with Crippen LogP contribution >= 0.6 is 0 Å². The van der Waals surface area contributed by atoms with Crippen LogP contribution in [0.5, 0.6) is 5.75 Å². The van der Waals surface area contributed by atoms with Crippen molar-refractivity contribution in [2.45, 2.75) is 25.8 Å². The second-order valence-electron chi connectivity index (χ2n) is 3.97. The van der Waals surface area contributed by atoms with Crippen molar-refractivity contribution in [1.29, 1.82) is 0 Å². The fourth-order valence-corrected chi connectivity index (χ4v) is 2.12. The molecule has 0 aromatic heterocycles. The van der Waals surface area contributed by atoms with Crippen molar-refractivity contribution in [3.05, 3.63) is 29.1 Å². The van der Waals surface area contributed by atoms with E-state index in [0.29, 0.717) is 12.4 Å². The molecule has 4 heteroatoms. The number of hydrogen-bond donors (Lipinski definition) is 1. The van der Waals surface area contributed by atoms with Crippen molar-refractivity contribution < 1.29 is 14.0 Å². The average Bonchev–Trinajstić information content (AvgIpc) is 2.48. The van der Waals surface area contributed by atoms with Gasteiger partial charge in [-0.2, -0.15) is 5.48 Å². The van der Waals surface area contributed by atoms with Gasteiger partial charge in [0.15, 0.2) is 11.6 Å². The third-order valence-corrected chi connectivity index (χ3v) is 2.86. The fourth-order valence-electron chi connectivity index (χ4n) is 2.12. The molecule has 0 spiro atoms. The highest BCUT2D eigenvalue weighted by atomic mass is 19.1. The number of hydrogen-bond acceptors (Lipinski definition) is 3. The summed E-state index contributed by atoms with van der Waals surface area (Å²) in [5.74, 6) is 0.0671. The van der Waals surface area contributed by atoms with Crippen LogP contribution in [0, 0.1) is 12.7 Å². The van der Waals surface area contributed by atoms with Crippen LogP contribution in [0.15, 0.2) is 12.1 Å². The van der Waals surface area contributed by atoms with E-state index in [4.69, 9.17) is 9.57 Å². The minimum Gasteiger partial charge on any atom is -0.490 e. The van der Waals surface area contributed by atoms with Crippen molar-refractivity contribution in [2.24, 2.45) is 0 Å². The molecule has 0 saturated heterocycles. The van der Waals surface area contributed by atoms with Gasteiger partial charge in [-0.3, -0.25) is 0 Å². The van der Waals surface area contributed by atoms with Crippen molar-refractivity contribution in [3.8, 4) is 5.75 Å². The molecular weight excluding hydrogens is 209 g/mol. The Morgan fingerprint density at radius 3 is 3.06 bits per heavy atom. The summed E-state index contributed by atoms with van der Waals surface area (Å²) >= 11 is 0. The van der Waals surface area contributed by atoms with Crippen molar-refractivity contribution in [3.63, 3.8) is 0 Å². The van der Waals surface area contributed by atoms with Crippen LogP contribution in [0.3, 0.4) is 0 Å². The molecule has 16 heavy (non-hydrogen) atoms. The van der Waals surface area contributed by atoms with Gasteiger partial charge in [0, 0.05) is 5.56 Å². The van der Waals surface area contributed by atoms with E-state index >= 15 is 0 Å². The number of nitrogens with one attached hydrogen (secondary N) is 1. The molecule has 1 aromatic carbocycles. The molecule has 1 unspecified atom stereocenters. The maximum Gasteiger partial charge on any atom is 0.165 e. The number of fused-ring (bicyclic) bond motifs is 1. The monoisotopic (exact) mass is 225 g/mol. The lowest BCUT2D eigenvalue weighted by Crippen LogP contribution is -2.20. The molecule has 0 saturated carbocycles. The average molecular weight is 225 g/mol. The van der Waals surface area contributed by atoms with E-state index in [9.17, 15) is 4.39 Å². The van der Waals surface area contributed by atoms with Gasteiger partial charge < -0.3 is 9.57 Å². The normalized spacial score (nSPS) is 19.8. The molecule has 1 aliphatic heterocycles. The molecule has 0 amide bonds. The molecule has 1 aromatic rings. The molecule has 1 aliphatic rings. The van der Waals surface area contributed by atoms with Gasteiger partial charge in [-0.15, -0.1) is 0 Å². The van der Waals surface area contributed by atoms with Gasteiger partial charge in [-0.05, 0) is 31.4 Å². The highest BCUT2D eigenvalue weighted by molar-refractivity contribution is 5.43. The number of hydroxylamine groups is 1. The van der Waals surface area contributed by atoms with Crippen molar-refractivity contribution in [1.82, 2.24) is 5.48 Å². The van der Waals surface area contributed by atoms with Crippen LogP contribution in [0.25, 0.3) is 0 Å². The summed E-state index contributed by atoms with van der Waals surface area (Å²) in [5, 5.41) is 0. The van der Waals surface area contributed by atoms with E-state index in [2.05, 4.69) is 5.48 Å². The largest absolute Gasteiger partial charge is 0.490 e. The van der Waals surface area contributed by atoms with E-state index in [1.54, 1.807) is 13.2 Å². The second kappa shape index (κ2) is 4.80. The Morgan fingerprint density at radius 1 is 1.50 bits per heavy atom. The van der Waals surface area contributed by atoms with Gasteiger partial charge in [-0.1, -0.05) is 6.07 Å². The van der Waals surface area contributed by atoms with E-state index in [1.807, 2.05) is 6.92 Å². The van der Waals surface area contributed by atoms with Gasteiger partial charge in [0.25, 0.3) is 0 Å². The Bertz CT molecular complexity index is 382. The molecule has 0 fully saturated rings. The molecule has 88 valence electrons. The molecule has 0 bridgehead atoms. The Hall–Kier alpha value is -1.13. The molecule has 1 heterocycles. The number of rotatable bonds is 2. The van der Waals surface area contributed by atoms with Gasteiger partial charge in [0.05, 0.1) is 19.8 Å². The zero-order valence-electron chi connectivity index (χ0n) is 9.55. The summed E-state index contributed by atoms with van der Waals surface area (Å²) in [6.45, 7) is 2.51. The lowest BCUT2D eigenvalue weighted by molar-refractivity contribution is 0.0577. The first-order chi connectivity index (χ1) is 7.74. The smallest absolute Gasteiger partial charge is 0.165 e. The van der Waals surface area contributed by atoms with Crippen LogP contribution in [-0.2, 0) is 4.84 Å². The van der Waals surface area contributed by atoms with Gasteiger partial charge >= 0.3 is 0 Å². The van der Waals surface area contributed by atoms with Gasteiger partial charge in [0.1, 0.15) is 0 Å². The highest BCUT2D eigenvalue weighted by Crippen LogP contribution is 2.35. The van der Waals surface area contributed by atoms with Crippen LogP contribution in [0.4, 0.5) is 4.39 Å². The van der Waals surface area contributed by atoms with Crippen molar-refractivity contribution >= 4 is 0 Å². The summed E-state index contributed by atoms with van der Waals surface area (Å²) in [4.78, 5) is 4.96. The first-order valence-electron chi connectivity index (χ1n) is 5.44. The van der Waals surface area contributed by atoms with E-state index < -0.39 is 0 Å². The maximum absolute atomic E-state index is 13.7. The minimum atomic E-state index is -0.301. The summed E-state index contributed by atoms with van der Waals surface area (Å²) in [5.41, 5.74) is 4.80. The Labute approximate surface area is 94.5 Å². The molecule has 1 N–H and O–H groups in total. The Balaban J connectivity index is 2.46. The Morgan fingerprint density at radius 2 is 2.31 bits per heavy atom. The number of benzene rings is 1. The molecule has 1 atom stereocenters. The Kier molecular flexibility index (Phi) is 3.41. The molecule has 0 aliphatic carbocycles. The molecular formula is C12H16FNO2. The number of halogens is 1. The first kappa shape index (κ1) is 11.4. The molecule has 2 rings (SSSR count). The zero-order valence-corrected chi connectivity index (χ0v) is 9.55. The fraction of sp³-hybridized carbons (Fsp3) is 0.500. The number of aryl methyl sites for hydroxylation is 1. The van der Waals surface area contributed by atoms with Gasteiger partial charge in [-0.25, -0.2) is 4.39 Å². The van der Waals surface area contributed by atoms with Crippen LogP contribution in [0.2, 0.25) is 0 Å². The second-order valence-corrected chi connectivity index (χ2v) is 3.97. The topological polar surface area (TPSA) is 30.5 Å². The molecule has 0 radical (unpaired) electrons. The zero-order chi connectivity index (χ0) is 11.5. The summed E-state index contributed by atoms with van der Waals surface area (Å²) in [7, 11) is 1.57. The third kappa shape index (κ3) is 2.03. The minimum absolute atomic E-state index is 0.00167. The predicted molar refractivity (Wildman–Crippen MR) is 58.8 cm³/mol. The first-order valence-corrected chi connectivity index (χ1v) is 5.44. The third-order valence-electron chi connectivity index (χ3n) is 2.86. The summed E-state index contributed by atoms with van der Waals surface area (Å²) < 4.78 is 19.1. The molecule has 3 nitrogen and oxygen atoms in total. The predicted octanol–water partition coefficient (Wildman–Crippen LogP) is 2.50.